The number of ketones is 2. The lowest BCUT2D eigenvalue weighted by Gasteiger charge is -2.27. The van der Waals surface area contributed by atoms with E-state index >= 15 is 0 Å². The summed E-state index contributed by atoms with van der Waals surface area (Å²) in [6, 6.07) is 19.8. The molecule has 5 nitrogen and oxygen atoms in total. The summed E-state index contributed by atoms with van der Waals surface area (Å²) in [4.78, 5) is 44.8. The molecule has 5 heteroatoms. The summed E-state index contributed by atoms with van der Waals surface area (Å²) >= 11 is 0. The van der Waals surface area contributed by atoms with Crippen molar-refractivity contribution in [3.8, 4) is 0 Å². The van der Waals surface area contributed by atoms with E-state index < -0.39 is 23.7 Å². The second-order valence-electron chi connectivity index (χ2n) is 7.53. The van der Waals surface area contributed by atoms with Crippen molar-refractivity contribution in [1.82, 2.24) is 9.88 Å². The van der Waals surface area contributed by atoms with Gasteiger partial charge in [-0.25, -0.2) is 0 Å². The number of benzene rings is 2. The Kier molecular flexibility index (Phi) is 5.53. The zero-order valence-electron chi connectivity index (χ0n) is 16.7. The summed E-state index contributed by atoms with van der Waals surface area (Å²) in [5.74, 6) is -2.62. The van der Waals surface area contributed by atoms with Crippen molar-refractivity contribution in [3.63, 3.8) is 0 Å². The Morgan fingerprint density at radius 3 is 2.27 bits per heavy atom. The average Bonchev–Trinajstić information content (AvgIpc) is 3.04. The molecule has 2 atom stereocenters. The first-order valence-electron chi connectivity index (χ1n) is 9.96. The van der Waals surface area contributed by atoms with E-state index in [9.17, 15) is 14.4 Å². The molecule has 1 aliphatic heterocycles. The standard InChI is InChI=1S/C25H22N2O3/c1-17-7-9-20(10-8-17)23(28)21-22(19-11-14-26-15-12-19)27(25(30)24(21)29)16-13-18-5-3-2-4-6-18/h2-12,14-15,21-22H,13,16H2,1H3. The van der Waals surface area contributed by atoms with Crippen molar-refractivity contribution < 1.29 is 14.4 Å². The Morgan fingerprint density at radius 1 is 0.933 bits per heavy atom. The van der Waals surface area contributed by atoms with Gasteiger partial charge in [0.2, 0.25) is 5.78 Å². The molecule has 2 unspecified atom stereocenters. The lowest BCUT2D eigenvalue weighted by Crippen LogP contribution is -2.32. The van der Waals surface area contributed by atoms with Crippen LogP contribution in [-0.4, -0.2) is 33.9 Å². The van der Waals surface area contributed by atoms with Crippen LogP contribution in [0, 0.1) is 12.8 Å². The third kappa shape index (κ3) is 3.79. The number of aromatic nitrogens is 1. The molecule has 0 aliphatic carbocycles. The SMILES string of the molecule is Cc1ccc(C(=O)C2C(=O)C(=O)N(CCc3ccccc3)C2c2ccncc2)cc1. The first kappa shape index (κ1) is 19.7. The number of amides is 1. The number of pyridine rings is 1. The molecule has 0 bridgehead atoms. The van der Waals surface area contributed by atoms with E-state index in [1.807, 2.05) is 49.4 Å². The van der Waals surface area contributed by atoms with Crippen molar-refractivity contribution in [1.29, 1.82) is 0 Å². The Bertz CT molecular complexity index is 1060. The van der Waals surface area contributed by atoms with E-state index in [0.29, 0.717) is 18.5 Å². The highest BCUT2D eigenvalue weighted by Gasteiger charge is 2.51. The number of Topliss-reactive ketones (excluding diaryl/α,β-unsaturated/α-hetero) is 2. The maximum absolute atomic E-state index is 13.3. The Labute approximate surface area is 175 Å². The molecule has 1 aliphatic rings. The average molecular weight is 398 g/mol. The van der Waals surface area contributed by atoms with Crippen LogP contribution in [0.25, 0.3) is 0 Å². The van der Waals surface area contributed by atoms with E-state index in [1.165, 1.54) is 0 Å². The molecule has 0 N–H and O–H groups in total. The Morgan fingerprint density at radius 2 is 1.60 bits per heavy atom. The van der Waals surface area contributed by atoms with Gasteiger partial charge in [-0.1, -0.05) is 60.2 Å². The molecule has 30 heavy (non-hydrogen) atoms. The van der Waals surface area contributed by atoms with E-state index in [0.717, 1.165) is 16.7 Å². The molecule has 1 saturated heterocycles. The van der Waals surface area contributed by atoms with Gasteiger partial charge in [0, 0.05) is 24.5 Å². The zero-order chi connectivity index (χ0) is 21.1. The van der Waals surface area contributed by atoms with Crippen molar-refractivity contribution in [2.24, 2.45) is 5.92 Å². The van der Waals surface area contributed by atoms with Gasteiger partial charge in [0.15, 0.2) is 5.78 Å². The third-order valence-electron chi connectivity index (χ3n) is 5.56. The smallest absolute Gasteiger partial charge is 0.291 e. The first-order valence-corrected chi connectivity index (χ1v) is 9.96. The lowest BCUT2D eigenvalue weighted by atomic mass is 9.86. The van der Waals surface area contributed by atoms with Crippen molar-refractivity contribution in [2.75, 3.05) is 6.54 Å². The van der Waals surface area contributed by atoms with Gasteiger partial charge in [0.1, 0.15) is 5.92 Å². The van der Waals surface area contributed by atoms with Crippen LogP contribution >= 0.6 is 0 Å². The van der Waals surface area contributed by atoms with Gasteiger partial charge in [-0.3, -0.25) is 19.4 Å². The molecule has 0 radical (unpaired) electrons. The molecule has 0 spiro atoms. The highest BCUT2D eigenvalue weighted by molar-refractivity contribution is 6.44. The topological polar surface area (TPSA) is 67.3 Å². The fraction of sp³-hybridized carbons (Fsp3) is 0.200. The number of hydrogen-bond acceptors (Lipinski definition) is 4. The maximum atomic E-state index is 13.3. The fourth-order valence-electron chi connectivity index (χ4n) is 3.95. The van der Waals surface area contributed by atoms with Crippen LogP contribution in [0.5, 0.6) is 0 Å². The van der Waals surface area contributed by atoms with Crippen LogP contribution in [0.3, 0.4) is 0 Å². The molecule has 1 fully saturated rings. The van der Waals surface area contributed by atoms with Crippen molar-refractivity contribution >= 4 is 17.5 Å². The van der Waals surface area contributed by atoms with E-state index in [2.05, 4.69) is 4.98 Å². The number of carbonyl (C=O) groups is 3. The number of likely N-dealkylation sites (tertiary alicyclic amines) is 1. The Balaban J connectivity index is 1.69. The quantitative estimate of drug-likeness (QED) is 0.362. The Hall–Kier alpha value is -3.60. The van der Waals surface area contributed by atoms with Gasteiger partial charge >= 0.3 is 0 Å². The van der Waals surface area contributed by atoms with E-state index in [-0.39, 0.29) is 5.78 Å². The second kappa shape index (κ2) is 8.41. The summed E-state index contributed by atoms with van der Waals surface area (Å²) in [7, 11) is 0. The van der Waals surface area contributed by atoms with E-state index in [1.54, 1.807) is 41.6 Å². The molecule has 150 valence electrons. The third-order valence-corrected chi connectivity index (χ3v) is 5.56. The predicted molar refractivity (Wildman–Crippen MR) is 113 cm³/mol. The predicted octanol–water partition coefficient (Wildman–Crippen LogP) is 3.58. The minimum Gasteiger partial charge on any atom is -0.327 e. The van der Waals surface area contributed by atoms with E-state index in [4.69, 9.17) is 0 Å². The van der Waals surface area contributed by atoms with Gasteiger partial charge in [-0.05, 0) is 36.6 Å². The normalized spacial score (nSPS) is 18.6. The molecule has 2 aromatic carbocycles. The molecule has 4 rings (SSSR count). The molecular weight excluding hydrogens is 376 g/mol. The van der Waals surface area contributed by atoms with Crippen LogP contribution in [-0.2, 0) is 16.0 Å². The highest BCUT2D eigenvalue weighted by atomic mass is 16.2. The van der Waals surface area contributed by atoms with Gasteiger partial charge in [0.25, 0.3) is 5.91 Å². The number of nitrogens with zero attached hydrogens (tertiary/aromatic N) is 2. The summed E-state index contributed by atoms with van der Waals surface area (Å²) in [6.45, 7) is 2.29. The molecule has 2 heterocycles. The highest BCUT2D eigenvalue weighted by Crippen LogP contribution is 2.38. The molecule has 3 aromatic rings. The van der Waals surface area contributed by atoms with Gasteiger partial charge < -0.3 is 4.90 Å². The number of rotatable bonds is 6. The maximum Gasteiger partial charge on any atom is 0.291 e. The van der Waals surface area contributed by atoms with Gasteiger partial charge in [-0.2, -0.15) is 0 Å². The largest absolute Gasteiger partial charge is 0.327 e. The van der Waals surface area contributed by atoms with Crippen LogP contribution in [0.4, 0.5) is 0 Å². The number of hydrogen-bond donors (Lipinski definition) is 0. The molecule has 1 amide bonds. The summed E-state index contributed by atoms with van der Waals surface area (Å²) in [5.41, 5.74) is 3.27. The number of carbonyl (C=O) groups excluding carboxylic acids is 3. The van der Waals surface area contributed by atoms with Crippen LogP contribution in [0.15, 0.2) is 79.1 Å². The molecule has 0 saturated carbocycles. The minimum atomic E-state index is -1.06. The second-order valence-corrected chi connectivity index (χ2v) is 7.53. The monoisotopic (exact) mass is 398 g/mol. The summed E-state index contributed by atoms with van der Waals surface area (Å²) in [5, 5.41) is 0. The van der Waals surface area contributed by atoms with Gasteiger partial charge in [-0.15, -0.1) is 0 Å². The van der Waals surface area contributed by atoms with Crippen molar-refractivity contribution in [3.05, 3.63) is 101 Å². The zero-order valence-corrected chi connectivity index (χ0v) is 16.7. The van der Waals surface area contributed by atoms with Crippen LogP contribution in [0.2, 0.25) is 0 Å². The summed E-state index contributed by atoms with van der Waals surface area (Å²) in [6.07, 6.45) is 3.84. The van der Waals surface area contributed by atoms with Crippen molar-refractivity contribution in [2.45, 2.75) is 19.4 Å². The van der Waals surface area contributed by atoms with Crippen LogP contribution in [0.1, 0.15) is 33.1 Å². The minimum absolute atomic E-state index is 0.322. The molecule has 1 aromatic heterocycles. The number of aryl methyl sites for hydroxylation is 1. The summed E-state index contributed by atoms with van der Waals surface area (Å²) < 4.78 is 0. The molecular formula is C25H22N2O3. The first-order chi connectivity index (χ1) is 14.6. The van der Waals surface area contributed by atoms with Crippen LogP contribution < -0.4 is 0 Å². The lowest BCUT2D eigenvalue weighted by molar-refractivity contribution is -0.140. The fourth-order valence-corrected chi connectivity index (χ4v) is 3.95. The van der Waals surface area contributed by atoms with Gasteiger partial charge in [0.05, 0.1) is 6.04 Å².